The molecule has 5 nitrogen and oxygen atoms in total. The number of hydrogen-bond donors (Lipinski definition) is 0. The third kappa shape index (κ3) is 4.31. The molecule has 1 saturated heterocycles. The predicted octanol–water partition coefficient (Wildman–Crippen LogP) is 3.92. The van der Waals surface area contributed by atoms with Gasteiger partial charge >= 0.3 is 0 Å². The van der Waals surface area contributed by atoms with Gasteiger partial charge in [-0.1, -0.05) is 41.5 Å². The lowest BCUT2D eigenvalue weighted by atomic mass is 9.99. The van der Waals surface area contributed by atoms with Crippen LogP contribution in [-0.2, 0) is 11.3 Å². The van der Waals surface area contributed by atoms with Gasteiger partial charge in [0, 0.05) is 24.1 Å². The zero-order valence-corrected chi connectivity index (χ0v) is 17.6. The molecule has 0 bridgehead atoms. The van der Waals surface area contributed by atoms with Gasteiger partial charge in [0.25, 0.3) is 5.56 Å². The van der Waals surface area contributed by atoms with Crippen molar-refractivity contribution in [1.82, 2.24) is 14.5 Å². The van der Waals surface area contributed by atoms with Crippen LogP contribution in [0.4, 0.5) is 0 Å². The van der Waals surface area contributed by atoms with E-state index in [1.165, 1.54) is 11.8 Å². The van der Waals surface area contributed by atoms with Crippen molar-refractivity contribution in [2.24, 2.45) is 5.92 Å². The van der Waals surface area contributed by atoms with Gasteiger partial charge in [0.15, 0.2) is 5.16 Å². The average Bonchev–Trinajstić information content (AvgIpc) is 2.63. The van der Waals surface area contributed by atoms with E-state index >= 15 is 0 Å². The topological polar surface area (TPSA) is 55.2 Å². The number of amides is 1. The molecule has 140 valence electrons. The fourth-order valence-corrected chi connectivity index (χ4v) is 4.47. The number of halogens is 1. The van der Waals surface area contributed by atoms with Crippen LogP contribution in [-0.4, -0.2) is 39.2 Å². The number of carbonyl (C=O) groups is 1. The molecule has 2 heterocycles. The molecule has 0 spiro atoms. The Hall–Kier alpha value is -1.34. The van der Waals surface area contributed by atoms with E-state index in [9.17, 15) is 9.59 Å². The minimum absolute atomic E-state index is 0.0418. The molecule has 0 aliphatic carbocycles. The minimum atomic E-state index is -0.0418. The number of benzene rings is 1. The number of aromatic nitrogens is 2. The Morgan fingerprint density at radius 1 is 1.35 bits per heavy atom. The van der Waals surface area contributed by atoms with Crippen LogP contribution < -0.4 is 5.56 Å². The van der Waals surface area contributed by atoms with Gasteiger partial charge in [-0.2, -0.15) is 0 Å². The van der Waals surface area contributed by atoms with Gasteiger partial charge in [-0.15, -0.1) is 0 Å². The van der Waals surface area contributed by atoms with E-state index in [0.29, 0.717) is 34.3 Å². The monoisotopic (exact) mass is 437 g/mol. The molecule has 1 amide bonds. The smallest absolute Gasteiger partial charge is 0.262 e. The number of rotatable bonds is 5. The summed E-state index contributed by atoms with van der Waals surface area (Å²) in [4.78, 5) is 32.0. The summed E-state index contributed by atoms with van der Waals surface area (Å²) in [7, 11) is 0. The van der Waals surface area contributed by atoms with E-state index in [-0.39, 0.29) is 11.5 Å². The summed E-state index contributed by atoms with van der Waals surface area (Å²) in [6, 6.07) is 5.54. The van der Waals surface area contributed by atoms with Crippen molar-refractivity contribution in [3.05, 3.63) is 33.0 Å². The van der Waals surface area contributed by atoms with E-state index in [1.807, 2.05) is 30.0 Å². The third-order valence-corrected chi connectivity index (χ3v) is 6.24. The van der Waals surface area contributed by atoms with Gasteiger partial charge in [-0.05, 0) is 43.4 Å². The normalized spacial score (nSPS) is 15.6. The van der Waals surface area contributed by atoms with Crippen LogP contribution in [0.1, 0.15) is 33.1 Å². The largest absolute Gasteiger partial charge is 0.342 e. The van der Waals surface area contributed by atoms with Crippen LogP contribution in [0.25, 0.3) is 10.9 Å². The quantitative estimate of drug-likeness (QED) is 0.525. The number of likely N-dealkylation sites (tertiary alicyclic amines) is 1. The molecule has 26 heavy (non-hydrogen) atoms. The summed E-state index contributed by atoms with van der Waals surface area (Å²) >= 11 is 4.79. The van der Waals surface area contributed by atoms with Crippen molar-refractivity contribution < 1.29 is 4.79 Å². The highest BCUT2D eigenvalue weighted by molar-refractivity contribution is 9.10. The lowest BCUT2D eigenvalue weighted by Crippen LogP contribution is -2.39. The van der Waals surface area contributed by atoms with Gasteiger partial charge in [0.05, 0.1) is 16.7 Å². The van der Waals surface area contributed by atoms with Gasteiger partial charge < -0.3 is 4.90 Å². The zero-order chi connectivity index (χ0) is 18.7. The lowest BCUT2D eigenvalue weighted by molar-refractivity contribution is -0.129. The van der Waals surface area contributed by atoms with Crippen LogP contribution >= 0.6 is 27.7 Å². The van der Waals surface area contributed by atoms with Gasteiger partial charge in [-0.25, -0.2) is 4.98 Å². The fraction of sp³-hybridized carbons (Fsp3) is 0.526. The number of piperidine rings is 1. The zero-order valence-electron chi connectivity index (χ0n) is 15.2. The summed E-state index contributed by atoms with van der Waals surface area (Å²) in [5, 5.41) is 1.24. The first kappa shape index (κ1) is 19.4. The number of fused-ring (bicyclic) bond motifs is 1. The van der Waals surface area contributed by atoms with Crippen LogP contribution in [0.3, 0.4) is 0 Å². The van der Waals surface area contributed by atoms with E-state index in [4.69, 9.17) is 0 Å². The third-order valence-electron chi connectivity index (χ3n) is 4.79. The van der Waals surface area contributed by atoms with Crippen LogP contribution in [0.2, 0.25) is 0 Å². The molecule has 1 aromatic heterocycles. The first-order chi connectivity index (χ1) is 12.5. The summed E-state index contributed by atoms with van der Waals surface area (Å²) in [6.45, 7) is 6.54. The molecule has 0 atom stereocenters. The van der Waals surface area contributed by atoms with E-state index in [2.05, 4.69) is 27.8 Å². The van der Waals surface area contributed by atoms with E-state index in [1.54, 1.807) is 4.57 Å². The van der Waals surface area contributed by atoms with Crippen molar-refractivity contribution in [2.75, 3.05) is 18.8 Å². The fourth-order valence-electron chi connectivity index (χ4n) is 3.18. The molecular weight excluding hydrogens is 414 g/mol. The Morgan fingerprint density at radius 2 is 2.08 bits per heavy atom. The Kier molecular flexibility index (Phi) is 6.40. The number of hydrogen-bond acceptors (Lipinski definition) is 4. The molecule has 1 aliphatic rings. The average molecular weight is 438 g/mol. The standard InChI is InChI=1S/C19H24BrN3O2S/c1-3-8-23-18(25)15-11-14(20)4-5-16(15)21-19(23)26-12-17(24)22-9-6-13(2)7-10-22/h4-5,11,13H,3,6-10,12H2,1-2H3. The number of nitrogens with zero attached hydrogens (tertiary/aromatic N) is 3. The molecular formula is C19H24BrN3O2S. The van der Waals surface area contributed by atoms with E-state index in [0.717, 1.165) is 36.8 Å². The van der Waals surface area contributed by atoms with Crippen molar-refractivity contribution in [3.8, 4) is 0 Å². The summed E-state index contributed by atoms with van der Waals surface area (Å²) in [5.74, 6) is 1.16. The molecule has 0 N–H and O–H groups in total. The van der Waals surface area contributed by atoms with Gasteiger partial charge in [-0.3, -0.25) is 14.2 Å². The van der Waals surface area contributed by atoms with Crippen LogP contribution in [0.5, 0.6) is 0 Å². The first-order valence-electron chi connectivity index (χ1n) is 9.10. The van der Waals surface area contributed by atoms with Crippen molar-refractivity contribution >= 4 is 44.5 Å². The SMILES string of the molecule is CCCn1c(SCC(=O)N2CCC(C)CC2)nc2ccc(Br)cc2c1=O. The molecule has 3 rings (SSSR count). The Balaban J connectivity index is 1.82. The highest BCUT2D eigenvalue weighted by Gasteiger charge is 2.21. The molecule has 1 aromatic carbocycles. The van der Waals surface area contributed by atoms with Crippen LogP contribution in [0, 0.1) is 5.92 Å². The molecule has 2 aromatic rings. The maximum atomic E-state index is 12.9. The highest BCUT2D eigenvalue weighted by atomic mass is 79.9. The summed E-state index contributed by atoms with van der Waals surface area (Å²) in [6.07, 6.45) is 2.98. The Bertz CT molecular complexity index is 860. The Morgan fingerprint density at radius 3 is 2.77 bits per heavy atom. The van der Waals surface area contributed by atoms with E-state index < -0.39 is 0 Å². The summed E-state index contributed by atoms with van der Waals surface area (Å²) in [5.41, 5.74) is 0.632. The second kappa shape index (κ2) is 8.57. The maximum absolute atomic E-state index is 12.9. The molecule has 0 saturated carbocycles. The number of carbonyl (C=O) groups excluding carboxylic acids is 1. The van der Waals surface area contributed by atoms with Crippen molar-refractivity contribution in [1.29, 1.82) is 0 Å². The number of thioether (sulfide) groups is 1. The van der Waals surface area contributed by atoms with Gasteiger partial charge in [0.2, 0.25) is 5.91 Å². The highest BCUT2D eigenvalue weighted by Crippen LogP contribution is 2.22. The lowest BCUT2D eigenvalue weighted by Gasteiger charge is -2.30. The molecule has 1 aliphatic heterocycles. The minimum Gasteiger partial charge on any atom is -0.342 e. The molecule has 0 unspecified atom stereocenters. The molecule has 7 heteroatoms. The maximum Gasteiger partial charge on any atom is 0.262 e. The van der Waals surface area contributed by atoms with Crippen LogP contribution in [0.15, 0.2) is 32.6 Å². The molecule has 1 fully saturated rings. The van der Waals surface area contributed by atoms with Crippen molar-refractivity contribution in [2.45, 2.75) is 44.8 Å². The summed E-state index contributed by atoms with van der Waals surface area (Å²) < 4.78 is 2.56. The van der Waals surface area contributed by atoms with Gasteiger partial charge in [0.1, 0.15) is 0 Å². The Labute approximate surface area is 166 Å². The first-order valence-corrected chi connectivity index (χ1v) is 10.9. The predicted molar refractivity (Wildman–Crippen MR) is 110 cm³/mol. The second-order valence-corrected chi connectivity index (χ2v) is 8.72. The second-order valence-electron chi connectivity index (χ2n) is 6.86. The van der Waals surface area contributed by atoms with Crippen molar-refractivity contribution in [3.63, 3.8) is 0 Å². The molecule has 0 radical (unpaired) electrons.